The van der Waals surface area contributed by atoms with Crippen LogP contribution in [0.4, 0.5) is 4.79 Å². The van der Waals surface area contributed by atoms with E-state index in [1.54, 1.807) is 11.0 Å². The van der Waals surface area contributed by atoms with Crippen molar-refractivity contribution in [2.45, 2.75) is 25.5 Å². The maximum absolute atomic E-state index is 12.0. The Morgan fingerprint density at radius 3 is 2.84 bits per heavy atom. The van der Waals surface area contributed by atoms with Gasteiger partial charge in [-0.05, 0) is 5.56 Å². The maximum Gasteiger partial charge on any atom is 0.410 e. The van der Waals surface area contributed by atoms with E-state index in [2.05, 4.69) is 6.58 Å². The lowest BCUT2D eigenvalue weighted by Crippen LogP contribution is -2.45. The van der Waals surface area contributed by atoms with E-state index in [1.807, 2.05) is 30.3 Å². The molecule has 19 heavy (non-hydrogen) atoms. The molecule has 1 amide bonds. The molecule has 0 N–H and O–H groups in total. The molecule has 1 atom stereocenters. The Morgan fingerprint density at radius 1 is 1.42 bits per heavy atom. The van der Waals surface area contributed by atoms with Gasteiger partial charge in [0.2, 0.25) is 0 Å². The van der Waals surface area contributed by atoms with E-state index < -0.39 is 0 Å². The Labute approximate surface area is 112 Å². The third kappa shape index (κ3) is 3.44. The summed E-state index contributed by atoms with van der Waals surface area (Å²) in [6.45, 7) is 4.32. The molecule has 1 aromatic rings. The molecule has 4 heteroatoms. The fraction of sp³-hybridized carbons (Fsp3) is 0.333. The minimum Gasteiger partial charge on any atom is -0.445 e. The molecule has 0 bridgehead atoms. The lowest BCUT2D eigenvalue weighted by molar-refractivity contribution is -0.122. The molecular weight excluding hydrogens is 242 g/mol. The molecule has 1 aliphatic rings. The third-order valence-corrected chi connectivity index (χ3v) is 3.18. The lowest BCUT2D eigenvalue weighted by Gasteiger charge is -2.32. The normalized spacial score (nSPS) is 19.1. The van der Waals surface area contributed by atoms with Crippen molar-refractivity contribution in [3.8, 4) is 0 Å². The summed E-state index contributed by atoms with van der Waals surface area (Å²) in [5, 5.41) is 0. The summed E-state index contributed by atoms with van der Waals surface area (Å²) in [6, 6.07) is 9.26. The number of Topliss-reactive ketones (excluding diaryl/α,β-unsaturated/α-hetero) is 1. The Kier molecular flexibility index (Phi) is 4.34. The molecule has 1 heterocycles. The van der Waals surface area contributed by atoms with Crippen LogP contribution in [0.1, 0.15) is 18.4 Å². The topological polar surface area (TPSA) is 46.6 Å². The molecule has 4 nitrogen and oxygen atoms in total. The molecule has 1 aromatic carbocycles. The van der Waals surface area contributed by atoms with Gasteiger partial charge in [0.05, 0.1) is 6.04 Å². The summed E-state index contributed by atoms with van der Waals surface area (Å²) in [4.78, 5) is 24.9. The number of amides is 1. The Bertz CT molecular complexity index is 470. The number of hydrogen-bond acceptors (Lipinski definition) is 3. The average molecular weight is 259 g/mol. The quantitative estimate of drug-likeness (QED) is 0.784. The number of carbonyl (C=O) groups is 2. The van der Waals surface area contributed by atoms with Crippen LogP contribution >= 0.6 is 0 Å². The van der Waals surface area contributed by atoms with E-state index in [9.17, 15) is 9.59 Å². The number of likely N-dealkylation sites (tertiary alicyclic amines) is 1. The highest BCUT2D eigenvalue weighted by molar-refractivity contribution is 5.82. The van der Waals surface area contributed by atoms with Gasteiger partial charge in [-0.3, -0.25) is 4.79 Å². The zero-order chi connectivity index (χ0) is 13.7. The monoisotopic (exact) mass is 259 g/mol. The van der Waals surface area contributed by atoms with Gasteiger partial charge in [-0.15, -0.1) is 6.58 Å². The van der Waals surface area contributed by atoms with Gasteiger partial charge in [-0.1, -0.05) is 36.4 Å². The van der Waals surface area contributed by atoms with Crippen molar-refractivity contribution in [1.82, 2.24) is 4.90 Å². The van der Waals surface area contributed by atoms with Crippen LogP contribution in [0.5, 0.6) is 0 Å². The van der Waals surface area contributed by atoms with Crippen LogP contribution < -0.4 is 0 Å². The molecule has 0 aromatic heterocycles. The van der Waals surface area contributed by atoms with E-state index in [0.717, 1.165) is 5.56 Å². The van der Waals surface area contributed by atoms with Crippen molar-refractivity contribution in [2.24, 2.45) is 0 Å². The van der Waals surface area contributed by atoms with Crippen molar-refractivity contribution in [3.63, 3.8) is 0 Å². The van der Waals surface area contributed by atoms with Gasteiger partial charge in [0.25, 0.3) is 0 Å². The van der Waals surface area contributed by atoms with Crippen LogP contribution in [0.15, 0.2) is 43.0 Å². The molecule has 1 fully saturated rings. The van der Waals surface area contributed by atoms with Gasteiger partial charge in [0.1, 0.15) is 12.4 Å². The van der Waals surface area contributed by atoms with E-state index in [-0.39, 0.29) is 24.5 Å². The van der Waals surface area contributed by atoms with Gasteiger partial charge >= 0.3 is 6.09 Å². The van der Waals surface area contributed by atoms with Crippen molar-refractivity contribution in [3.05, 3.63) is 48.6 Å². The highest BCUT2D eigenvalue weighted by Gasteiger charge is 2.29. The highest BCUT2D eigenvalue weighted by atomic mass is 16.6. The van der Waals surface area contributed by atoms with Crippen LogP contribution in [0.25, 0.3) is 0 Å². The van der Waals surface area contributed by atoms with Gasteiger partial charge in [0.15, 0.2) is 0 Å². The molecule has 0 saturated carbocycles. The largest absolute Gasteiger partial charge is 0.445 e. The molecule has 0 unspecified atom stereocenters. The number of piperidine rings is 1. The predicted molar refractivity (Wildman–Crippen MR) is 71.6 cm³/mol. The number of ether oxygens (including phenoxy) is 1. The van der Waals surface area contributed by atoms with E-state index in [4.69, 9.17) is 4.74 Å². The molecule has 0 spiro atoms. The third-order valence-electron chi connectivity index (χ3n) is 3.18. The molecule has 1 saturated heterocycles. The Hall–Kier alpha value is -2.10. The van der Waals surface area contributed by atoms with E-state index in [1.165, 1.54) is 0 Å². The number of rotatable bonds is 3. The van der Waals surface area contributed by atoms with Crippen molar-refractivity contribution < 1.29 is 14.3 Å². The molecule has 0 radical (unpaired) electrons. The number of ketones is 1. The van der Waals surface area contributed by atoms with E-state index in [0.29, 0.717) is 19.4 Å². The SMILES string of the molecule is C=C[C@H]1CC(=O)CCN1C(=O)OCc1ccccc1. The summed E-state index contributed by atoms with van der Waals surface area (Å²) in [5.74, 6) is 0.164. The van der Waals surface area contributed by atoms with Gasteiger partial charge < -0.3 is 9.64 Å². The Balaban J connectivity index is 1.92. The number of nitrogens with zero attached hydrogens (tertiary/aromatic N) is 1. The molecule has 2 rings (SSSR count). The van der Waals surface area contributed by atoms with Gasteiger partial charge in [0, 0.05) is 19.4 Å². The summed E-state index contributed by atoms with van der Waals surface area (Å²) >= 11 is 0. The minimum atomic E-state index is -0.388. The van der Waals surface area contributed by atoms with Crippen molar-refractivity contribution in [2.75, 3.05) is 6.54 Å². The lowest BCUT2D eigenvalue weighted by atomic mass is 10.0. The van der Waals surface area contributed by atoms with Crippen LogP contribution in [0.2, 0.25) is 0 Å². The summed E-state index contributed by atoms with van der Waals surface area (Å²) < 4.78 is 5.26. The molecule has 100 valence electrons. The average Bonchev–Trinajstić information content (AvgIpc) is 2.45. The molecule has 1 aliphatic heterocycles. The highest BCUT2D eigenvalue weighted by Crippen LogP contribution is 2.17. The zero-order valence-electron chi connectivity index (χ0n) is 10.7. The standard InChI is InChI=1S/C15H17NO3/c1-2-13-10-14(17)8-9-16(13)15(18)19-11-12-6-4-3-5-7-12/h2-7,13H,1,8-11H2/t13-/m0/s1. The first-order chi connectivity index (χ1) is 9.20. The van der Waals surface area contributed by atoms with Crippen LogP contribution in [0, 0.1) is 0 Å². The van der Waals surface area contributed by atoms with Crippen LogP contribution in [-0.4, -0.2) is 29.4 Å². The Morgan fingerprint density at radius 2 is 2.16 bits per heavy atom. The number of benzene rings is 1. The summed E-state index contributed by atoms with van der Waals surface area (Å²) in [5.41, 5.74) is 0.944. The number of carbonyl (C=O) groups excluding carboxylic acids is 2. The number of hydrogen-bond donors (Lipinski definition) is 0. The van der Waals surface area contributed by atoms with Crippen LogP contribution in [0.3, 0.4) is 0 Å². The maximum atomic E-state index is 12.0. The van der Waals surface area contributed by atoms with Crippen LogP contribution in [-0.2, 0) is 16.1 Å². The summed E-state index contributed by atoms with van der Waals surface area (Å²) in [6.07, 6.45) is 1.97. The first-order valence-electron chi connectivity index (χ1n) is 6.32. The van der Waals surface area contributed by atoms with Gasteiger partial charge in [-0.2, -0.15) is 0 Å². The molecular formula is C15H17NO3. The fourth-order valence-corrected chi connectivity index (χ4v) is 2.10. The molecule has 0 aliphatic carbocycles. The fourth-order valence-electron chi connectivity index (χ4n) is 2.10. The van der Waals surface area contributed by atoms with Crippen molar-refractivity contribution in [1.29, 1.82) is 0 Å². The van der Waals surface area contributed by atoms with Crippen molar-refractivity contribution >= 4 is 11.9 Å². The van der Waals surface area contributed by atoms with Gasteiger partial charge in [-0.25, -0.2) is 4.79 Å². The second-order valence-corrected chi connectivity index (χ2v) is 4.53. The minimum absolute atomic E-state index is 0.164. The summed E-state index contributed by atoms with van der Waals surface area (Å²) in [7, 11) is 0. The first-order valence-corrected chi connectivity index (χ1v) is 6.32. The van der Waals surface area contributed by atoms with E-state index >= 15 is 0 Å². The second kappa shape index (κ2) is 6.18. The first kappa shape index (κ1) is 13.3. The second-order valence-electron chi connectivity index (χ2n) is 4.53. The smallest absolute Gasteiger partial charge is 0.410 e. The predicted octanol–water partition coefficient (Wildman–Crippen LogP) is 2.54. The zero-order valence-corrected chi connectivity index (χ0v) is 10.7.